The number of hydrogen-bond acceptors (Lipinski definition) is 2. The molecule has 0 bridgehead atoms. The van der Waals surface area contributed by atoms with Gasteiger partial charge in [0.2, 0.25) is 0 Å². The Bertz CT molecular complexity index is 218. The van der Waals surface area contributed by atoms with Crippen LogP contribution >= 0.6 is 0 Å². The van der Waals surface area contributed by atoms with Gasteiger partial charge in [0.1, 0.15) is 0 Å². The van der Waals surface area contributed by atoms with Crippen molar-refractivity contribution in [1.82, 2.24) is 0 Å². The van der Waals surface area contributed by atoms with Crippen LogP contribution in [0.25, 0.3) is 0 Å². The lowest BCUT2D eigenvalue weighted by molar-refractivity contribution is -0.299. The molecule has 1 saturated carbocycles. The molecule has 74 valence electrons. The summed E-state index contributed by atoms with van der Waals surface area (Å²) in [5.74, 6) is 0.0486. The number of carboxylic acid groups (broad SMARTS) is 1. The van der Waals surface area contributed by atoms with Gasteiger partial charge in [0.05, 0.1) is 5.97 Å². The SMILES string of the molecule is C/C(=C\C1CCCCC1C)C(=O)[O-]. The third kappa shape index (κ3) is 2.87. The molecule has 0 aliphatic heterocycles. The van der Waals surface area contributed by atoms with E-state index >= 15 is 0 Å². The van der Waals surface area contributed by atoms with Gasteiger partial charge in [-0.05, 0) is 30.8 Å². The number of hydrogen-bond donors (Lipinski definition) is 0. The van der Waals surface area contributed by atoms with Gasteiger partial charge < -0.3 is 9.90 Å². The van der Waals surface area contributed by atoms with E-state index in [4.69, 9.17) is 0 Å². The smallest absolute Gasteiger partial charge is 0.0668 e. The second-order valence-electron chi connectivity index (χ2n) is 4.06. The summed E-state index contributed by atoms with van der Waals surface area (Å²) < 4.78 is 0. The van der Waals surface area contributed by atoms with Crippen LogP contribution in [0.5, 0.6) is 0 Å². The van der Waals surface area contributed by atoms with Gasteiger partial charge in [0.25, 0.3) is 0 Å². The molecule has 2 unspecified atom stereocenters. The lowest BCUT2D eigenvalue weighted by atomic mass is 9.79. The van der Waals surface area contributed by atoms with Crippen LogP contribution in [-0.4, -0.2) is 5.97 Å². The molecule has 0 heterocycles. The Morgan fingerprint density at radius 1 is 1.38 bits per heavy atom. The quantitative estimate of drug-likeness (QED) is 0.606. The van der Waals surface area contributed by atoms with E-state index in [1.807, 2.05) is 6.08 Å². The summed E-state index contributed by atoms with van der Waals surface area (Å²) in [6.45, 7) is 3.82. The van der Waals surface area contributed by atoms with Crippen LogP contribution in [-0.2, 0) is 4.79 Å². The summed E-state index contributed by atoms with van der Waals surface area (Å²) in [4.78, 5) is 10.5. The van der Waals surface area contributed by atoms with Gasteiger partial charge >= 0.3 is 0 Å². The first kappa shape index (κ1) is 10.3. The first-order chi connectivity index (χ1) is 6.11. The molecule has 1 rings (SSSR count). The van der Waals surface area contributed by atoms with E-state index in [2.05, 4.69) is 6.92 Å². The van der Waals surface area contributed by atoms with Crippen molar-refractivity contribution in [3.05, 3.63) is 11.6 Å². The van der Waals surface area contributed by atoms with Gasteiger partial charge in [-0.3, -0.25) is 0 Å². The van der Waals surface area contributed by atoms with Crippen LogP contribution in [0.4, 0.5) is 0 Å². The lowest BCUT2D eigenvalue weighted by Crippen LogP contribution is -2.24. The molecule has 1 aliphatic carbocycles. The maximum Gasteiger partial charge on any atom is 0.0668 e. The Labute approximate surface area is 79.6 Å². The Hall–Kier alpha value is -0.790. The molecular formula is C11H17O2-. The van der Waals surface area contributed by atoms with Crippen molar-refractivity contribution in [2.75, 3.05) is 0 Å². The maximum atomic E-state index is 10.5. The summed E-state index contributed by atoms with van der Waals surface area (Å²) in [6.07, 6.45) is 6.74. The molecule has 0 aromatic heterocycles. The van der Waals surface area contributed by atoms with Gasteiger partial charge in [0, 0.05) is 0 Å². The van der Waals surface area contributed by atoms with Crippen LogP contribution in [0.15, 0.2) is 11.6 Å². The van der Waals surface area contributed by atoms with Crippen molar-refractivity contribution >= 4 is 5.97 Å². The van der Waals surface area contributed by atoms with E-state index in [1.165, 1.54) is 19.3 Å². The van der Waals surface area contributed by atoms with E-state index in [0.29, 0.717) is 17.4 Å². The number of carbonyl (C=O) groups is 1. The molecule has 2 heteroatoms. The molecule has 2 nitrogen and oxygen atoms in total. The largest absolute Gasteiger partial charge is 0.545 e. The molecule has 13 heavy (non-hydrogen) atoms. The molecule has 0 radical (unpaired) electrons. The summed E-state index contributed by atoms with van der Waals surface area (Å²) >= 11 is 0. The van der Waals surface area contributed by atoms with Crippen molar-refractivity contribution in [3.8, 4) is 0 Å². The third-order valence-corrected chi connectivity index (χ3v) is 2.96. The molecule has 0 saturated heterocycles. The van der Waals surface area contributed by atoms with Crippen molar-refractivity contribution in [3.63, 3.8) is 0 Å². The van der Waals surface area contributed by atoms with E-state index in [9.17, 15) is 9.90 Å². The zero-order valence-electron chi connectivity index (χ0n) is 8.38. The highest BCUT2D eigenvalue weighted by Gasteiger charge is 2.19. The average molecular weight is 181 g/mol. The molecule has 0 amide bonds. The zero-order valence-corrected chi connectivity index (χ0v) is 8.38. The Morgan fingerprint density at radius 2 is 2.00 bits per heavy atom. The monoisotopic (exact) mass is 181 g/mol. The third-order valence-electron chi connectivity index (χ3n) is 2.96. The van der Waals surface area contributed by atoms with Crippen molar-refractivity contribution in [2.45, 2.75) is 39.5 Å². The average Bonchev–Trinajstić information content (AvgIpc) is 2.08. The van der Waals surface area contributed by atoms with Gasteiger partial charge in [0.15, 0.2) is 0 Å². The first-order valence-corrected chi connectivity index (χ1v) is 5.01. The zero-order chi connectivity index (χ0) is 9.84. The van der Waals surface area contributed by atoms with E-state index in [-0.39, 0.29) is 0 Å². The summed E-state index contributed by atoms with van der Waals surface area (Å²) in [6, 6.07) is 0. The van der Waals surface area contributed by atoms with Gasteiger partial charge in [-0.2, -0.15) is 0 Å². The fourth-order valence-electron chi connectivity index (χ4n) is 1.98. The highest BCUT2D eigenvalue weighted by Crippen LogP contribution is 2.30. The van der Waals surface area contributed by atoms with Gasteiger partial charge in [-0.1, -0.05) is 32.3 Å². The van der Waals surface area contributed by atoms with Crippen LogP contribution in [0.1, 0.15) is 39.5 Å². The highest BCUT2D eigenvalue weighted by molar-refractivity contribution is 5.83. The van der Waals surface area contributed by atoms with Crippen LogP contribution in [0.2, 0.25) is 0 Å². The summed E-state index contributed by atoms with van der Waals surface area (Å²) in [7, 11) is 0. The molecule has 1 aliphatic rings. The molecule has 0 N–H and O–H groups in total. The Kier molecular flexibility index (Phi) is 3.52. The summed E-state index contributed by atoms with van der Waals surface area (Å²) in [5, 5.41) is 10.5. The molecule has 0 spiro atoms. The number of carbonyl (C=O) groups excluding carboxylic acids is 1. The summed E-state index contributed by atoms with van der Waals surface area (Å²) in [5.41, 5.74) is 0.388. The molecule has 1 fully saturated rings. The highest BCUT2D eigenvalue weighted by atomic mass is 16.4. The van der Waals surface area contributed by atoms with Gasteiger partial charge in [-0.25, -0.2) is 0 Å². The van der Waals surface area contributed by atoms with Crippen LogP contribution < -0.4 is 5.11 Å². The fraction of sp³-hybridized carbons (Fsp3) is 0.727. The first-order valence-electron chi connectivity index (χ1n) is 5.01. The second kappa shape index (κ2) is 4.45. The number of carboxylic acids is 1. The molecule has 0 aromatic rings. The van der Waals surface area contributed by atoms with Crippen LogP contribution in [0.3, 0.4) is 0 Å². The topological polar surface area (TPSA) is 40.1 Å². The number of allylic oxidation sites excluding steroid dienone is 1. The Balaban J connectivity index is 2.60. The van der Waals surface area contributed by atoms with Crippen molar-refractivity contribution in [1.29, 1.82) is 0 Å². The van der Waals surface area contributed by atoms with E-state index < -0.39 is 5.97 Å². The standard InChI is InChI=1S/C11H18O2/c1-8-5-3-4-6-10(8)7-9(2)11(12)13/h7-8,10H,3-6H2,1-2H3,(H,12,13)/p-1/b9-7+. The lowest BCUT2D eigenvalue weighted by Gasteiger charge is -2.26. The minimum absolute atomic E-state index is 0.388. The fourth-order valence-corrected chi connectivity index (χ4v) is 1.98. The molecule has 2 atom stereocenters. The van der Waals surface area contributed by atoms with Gasteiger partial charge in [-0.15, -0.1) is 0 Å². The second-order valence-corrected chi connectivity index (χ2v) is 4.06. The normalized spacial score (nSPS) is 30.2. The van der Waals surface area contributed by atoms with E-state index in [0.717, 1.165) is 6.42 Å². The molecule has 0 aromatic carbocycles. The molecular weight excluding hydrogens is 164 g/mol. The number of aliphatic carboxylic acids is 1. The maximum absolute atomic E-state index is 10.5. The predicted molar refractivity (Wildman–Crippen MR) is 49.9 cm³/mol. The minimum Gasteiger partial charge on any atom is -0.545 e. The van der Waals surface area contributed by atoms with E-state index in [1.54, 1.807) is 6.92 Å². The van der Waals surface area contributed by atoms with Crippen molar-refractivity contribution in [2.24, 2.45) is 11.8 Å². The minimum atomic E-state index is -1.03. The van der Waals surface area contributed by atoms with Crippen LogP contribution in [0, 0.1) is 11.8 Å². The van der Waals surface area contributed by atoms with Crippen molar-refractivity contribution < 1.29 is 9.90 Å². The number of rotatable bonds is 2. The predicted octanol–water partition coefficient (Wildman–Crippen LogP) is 1.51. The Morgan fingerprint density at radius 3 is 2.54 bits per heavy atom.